The molecular weight excluding hydrogens is 387 g/mol. The summed E-state index contributed by atoms with van der Waals surface area (Å²) < 4.78 is 44.7. The number of anilines is 1. The van der Waals surface area contributed by atoms with E-state index >= 15 is 0 Å². The number of aryl methyl sites for hydroxylation is 2. The van der Waals surface area contributed by atoms with E-state index in [0.29, 0.717) is 29.1 Å². The Morgan fingerprint density at radius 3 is 2.45 bits per heavy atom. The Bertz CT molecular complexity index is 1060. The van der Waals surface area contributed by atoms with E-state index in [2.05, 4.69) is 20.4 Å². The highest BCUT2D eigenvalue weighted by atomic mass is 19.4. The Labute approximate surface area is 165 Å². The third kappa shape index (κ3) is 4.75. The maximum Gasteiger partial charge on any atom is 0.436 e. The van der Waals surface area contributed by atoms with Crippen molar-refractivity contribution in [2.24, 2.45) is 5.41 Å². The molecule has 0 unspecified atom stereocenters. The second-order valence-electron chi connectivity index (χ2n) is 8.20. The van der Waals surface area contributed by atoms with E-state index in [1.165, 1.54) is 0 Å². The SMILES string of the molecule is Cc1nc2c(cc(C)n2Cc2cc(C(F)(F)F)no2)nc1NC(=O)CC(C)(C)C. The number of hydrogen-bond acceptors (Lipinski definition) is 5. The minimum Gasteiger partial charge on any atom is -0.359 e. The predicted molar refractivity (Wildman–Crippen MR) is 100 cm³/mol. The van der Waals surface area contributed by atoms with Crippen molar-refractivity contribution in [2.75, 3.05) is 5.32 Å². The summed E-state index contributed by atoms with van der Waals surface area (Å²) in [5, 5.41) is 5.86. The Balaban J connectivity index is 1.89. The molecule has 29 heavy (non-hydrogen) atoms. The van der Waals surface area contributed by atoms with E-state index in [1.807, 2.05) is 20.8 Å². The van der Waals surface area contributed by atoms with Crippen LogP contribution in [0.3, 0.4) is 0 Å². The molecule has 156 valence electrons. The lowest BCUT2D eigenvalue weighted by molar-refractivity contribution is -0.142. The van der Waals surface area contributed by atoms with Crippen LogP contribution in [0.2, 0.25) is 0 Å². The number of nitrogens with zero attached hydrogens (tertiary/aromatic N) is 4. The van der Waals surface area contributed by atoms with Gasteiger partial charge in [-0.15, -0.1) is 0 Å². The zero-order valence-electron chi connectivity index (χ0n) is 16.8. The van der Waals surface area contributed by atoms with Crippen molar-refractivity contribution >= 4 is 22.9 Å². The van der Waals surface area contributed by atoms with Crippen LogP contribution in [0.4, 0.5) is 19.0 Å². The average molecular weight is 409 g/mol. The molecule has 0 radical (unpaired) electrons. The second-order valence-corrected chi connectivity index (χ2v) is 8.20. The lowest BCUT2D eigenvalue weighted by Gasteiger charge is -2.17. The van der Waals surface area contributed by atoms with Gasteiger partial charge >= 0.3 is 6.18 Å². The van der Waals surface area contributed by atoms with Crippen molar-refractivity contribution in [1.29, 1.82) is 0 Å². The molecule has 0 saturated carbocycles. The fourth-order valence-electron chi connectivity index (χ4n) is 2.91. The number of rotatable bonds is 4. The Kier molecular flexibility index (Phi) is 5.14. The van der Waals surface area contributed by atoms with Crippen LogP contribution >= 0.6 is 0 Å². The van der Waals surface area contributed by atoms with Gasteiger partial charge in [-0.1, -0.05) is 25.9 Å². The second kappa shape index (κ2) is 7.16. The van der Waals surface area contributed by atoms with Crippen LogP contribution in [-0.2, 0) is 17.5 Å². The number of hydrogen-bond donors (Lipinski definition) is 1. The van der Waals surface area contributed by atoms with Gasteiger partial charge in [-0.3, -0.25) is 4.79 Å². The number of fused-ring (bicyclic) bond motifs is 1. The maximum atomic E-state index is 12.7. The zero-order chi connectivity index (χ0) is 21.6. The normalized spacial score (nSPS) is 12.6. The minimum atomic E-state index is -4.56. The van der Waals surface area contributed by atoms with Crippen molar-refractivity contribution in [1.82, 2.24) is 19.7 Å². The number of halogens is 3. The fraction of sp³-hybridized carbons (Fsp3) is 0.474. The fourth-order valence-corrected chi connectivity index (χ4v) is 2.91. The number of carbonyl (C=O) groups excluding carboxylic acids is 1. The first-order chi connectivity index (χ1) is 13.3. The largest absolute Gasteiger partial charge is 0.436 e. The Morgan fingerprint density at radius 2 is 1.86 bits per heavy atom. The summed E-state index contributed by atoms with van der Waals surface area (Å²) in [6.45, 7) is 9.42. The number of aromatic nitrogens is 4. The van der Waals surface area contributed by atoms with E-state index < -0.39 is 11.9 Å². The van der Waals surface area contributed by atoms with E-state index in [0.717, 1.165) is 11.8 Å². The molecule has 0 aliphatic carbocycles. The van der Waals surface area contributed by atoms with Gasteiger partial charge in [0.25, 0.3) is 0 Å². The highest BCUT2D eigenvalue weighted by Gasteiger charge is 2.35. The molecule has 0 aliphatic rings. The van der Waals surface area contributed by atoms with E-state index in [-0.39, 0.29) is 23.6 Å². The molecule has 3 rings (SSSR count). The van der Waals surface area contributed by atoms with Gasteiger partial charge in [0.15, 0.2) is 22.9 Å². The van der Waals surface area contributed by atoms with Gasteiger partial charge in [0, 0.05) is 18.2 Å². The van der Waals surface area contributed by atoms with Crippen LogP contribution in [0, 0.1) is 19.3 Å². The van der Waals surface area contributed by atoms with Crippen molar-refractivity contribution in [3.63, 3.8) is 0 Å². The molecule has 3 aromatic heterocycles. The number of nitrogens with one attached hydrogen (secondary N) is 1. The van der Waals surface area contributed by atoms with Crippen LogP contribution in [0.5, 0.6) is 0 Å². The van der Waals surface area contributed by atoms with Gasteiger partial charge < -0.3 is 14.4 Å². The molecular formula is C19H22F3N5O2. The smallest absolute Gasteiger partial charge is 0.359 e. The van der Waals surface area contributed by atoms with Crippen LogP contribution in [0.1, 0.15) is 50.0 Å². The van der Waals surface area contributed by atoms with Crippen molar-refractivity contribution in [3.8, 4) is 0 Å². The quantitative estimate of drug-likeness (QED) is 0.687. The molecule has 1 N–H and O–H groups in total. The Hall–Kier alpha value is -2.91. The number of amides is 1. The number of alkyl halides is 3. The first-order valence-electron chi connectivity index (χ1n) is 9.00. The van der Waals surface area contributed by atoms with Gasteiger partial charge in [0.05, 0.1) is 12.2 Å². The van der Waals surface area contributed by atoms with Gasteiger partial charge in [0.2, 0.25) is 5.91 Å². The molecule has 0 bridgehead atoms. The van der Waals surface area contributed by atoms with Crippen LogP contribution in [0.25, 0.3) is 11.2 Å². The molecule has 3 aromatic rings. The summed E-state index contributed by atoms with van der Waals surface area (Å²) in [5.74, 6) is 0.259. The van der Waals surface area contributed by atoms with Gasteiger partial charge in [-0.05, 0) is 25.3 Å². The average Bonchev–Trinajstić information content (AvgIpc) is 3.12. The van der Waals surface area contributed by atoms with Crippen LogP contribution in [-0.4, -0.2) is 25.6 Å². The summed E-state index contributed by atoms with van der Waals surface area (Å²) in [5.41, 5.74) is 1.01. The summed E-state index contributed by atoms with van der Waals surface area (Å²) in [7, 11) is 0. The van der Waals surface area contributed by atoms with Gasteiger partial charge in [0.1, 0.15) is 5.52 Å². The summed E-state index contributed by atoms with van der Waals surface area (Å²) in [6.07, 6.45) is -4.23. The predicted octanol–water partition coefficient (Wildman–Crippen LogP) is 4.48. The summed E-state index contributed by atoms with van der Waals surface area (Å²) in [4.78, 5) is 21.2. The van der Waals surface area contributed by atoms with Crippen molar-refractivity contribution in [2.45, 2.75) is 53.8 Å². The molecule has 0 fully saturated rings. The molecule has 0 aliphatic heterocycles. The third-order valence-electron chi connectivity index (χ3n) is 4.22. The molecule has 0 aromatic carbocycles. The third-order valence-corrected chi connectivity index (χ3v) is 4.22. The lowest BCUT2D eigenvalue weighted by atomic mass is 9.92. The summed E-state index contributed by atoms with van der Waals surface area (Å²) in [6, 6.07) is 2.62. The standard InChI is InChI=1S/C19H22F3N5O2/c1-10-6-13-17(27(10)9-12-7-14(26-29-12)19(20,21)22)23-11(2)16(24-13)25-15(28)8-18(3,4)5/h6-7H,8-9H2,1-5H3,(H,24,25,28). The molecule has 10 heteroatoms. The Morgan fingerprint density at radius 1 is 1.17 bits per heavy atom. The maximum absolute atomic E-state index is 12.7. The molecule has 1 amide bonds. The topological polar surface area (TPSA) is 85.8 Å². The van der Waals surface area contributed by atoms with E-state index in [1.54, 1.807) is 24.5 Å². The molecule has 0 atom stereocenters. The monoisotopic (exact) mass is 409 g/mol. The van der Waals surface area contributed by atoms with Gasteiger partial charge in [-0.25, -0.2) is 9.97 Å². The van der Waals surface area contributed by atoms with E-state index in [4.69, 9.17) is 4.52 Å². The highest BCUT2D eigenvalue weighted by molar-refractivity contribution is 5.91. The molecule has 0 saturated heterocycles. The molecule has 3 heterocycles. The van der Waals surface area contributed by atoms with Gasteiger partial charge in [-0.2, -0.15) is 13.2 Å². The molecule has 0 spiro atoms. The first-order valence-corrected chi connectivity index (χ1v) is 9.00. The number of carbonyl (C=O) groups is 1. The van der Waals surface area contributed by atoms with E-state index in [9.17, 15) is 18.0 Å². The lowest BCUT2D eigenvalue weighted by Crippen LogP contribution is -2.21. The highest BCUT2D eigenvalue weighted by Crippen LogP contribution is 2.29. The first kappa shape index (κ1) is 20.8. The van der Waals surface area contributed by atoms with Crippen LogP contribution < -0.4 is 5.32 Å². The minimum absolute atomic E-state index is 0.0300. The van der Waals surface area contributed by atoms with Crippen molar-refractivity contribution < 1.29 is 22.5 Å². The van der Waals surface area contributed by atoms with Crippen LogP contribution in [0.15, 0.2) is 16.7 Å². The summed E-state index contributed by atoms with van der Waals surface area (Å²) >= 11 is 0. The zero-order valence-corrected chi connectivity index (χ0v) is 16.8. The molecule has 7 nitrogen and oxygen atoms in total. The van der Waals surface area contributed by atoms with Crippen molar-refractivity contribution in [3.05, 3.63) is 35.0 Å².